The summed E-state index contributed by atoms with van der Waals surface area (Å²) in [5.74, 6) is 0. The van der Waals surface area contributed by atoms with Gasteiger partial charge in [0, 0.05) is 6.07 Å². The molecule has 0 amide bonds. The van der Waals surface area contributed by atoms with Gasteiger partial charge < -0.3 is 0 Å². The van der Waals surface area contributed by atoms with Gasteiger partial charge in [-0.2, -0.15) is 5.10 Å². The number of nitrogens with one attached hydrogen (secondary N) is 1. The number of nitrogens with two attached hydrogens (primary N) is 1. The summed E-state index contributed by atoms with van der Waals surface area (Å²) in [4.78, 5) is 10.1. The zero-order valence-electron chi connectivity index (χ0n) is 13.8. The van der Waals surface area contributed by atoms with E-state index in [9.17, 15) is 18.5 Å². The molecule has 0 fully saturated rings. The minimum absolute atomic E-state index is 0.0712. The van der Waals surface area contributed by atoms with Gasteiger partial charge in [0.15, 0.2) is 0 Å². The number of hydrazone groups is 1. The molecule has 0 aromatic heterocycles. The molecule has 0 aliphatic carbocycles. The van der Waals surface area contributed by atoms with Crippen LogP contribution in [0, 0.1) is 10.1 Å². The molecule has 0 aliphatic heterocycles. The molecular formula is C16H18N4O4S. The SMILES string of the molecule is CCc1ccc(/C(C)=N\Nc2ccc(S(N)(=O)=O)cc2[N+](=O)[O-])cc1. The zero-order chi connectivity index (χ0) is 18.6. The lowest BCUT2D eigenvalue weighted by Gasteiger charge is -2.06. The van der Waals surface area contributed by atoms with Crippen molar-refractivity contribution in [2.45, 2.75) is 25.2 Å². The Morgan fingerprint density at radius 1 is 1.24 bits per heavy atom. The van der Waals surface area contributed by atoms with E-state index in [1.165, 1.54) is 17.7 Å². The van der Waals surface area contributed by atoms with E-state index in [4.69, 9.17) is 5.14 Å². The van der Waals surface area contributed by atoms with Gasteiger partial charge in [-0.3, -0.25) is 15.5 Å². The Labute approximate surface area is 145 Å². The molecule has 0 spiro atoms. The van der Waals surface area contributed by atoms with Gasteiger partial charge >= 0.3 is 0 Å². The Kier molecular flexibility index (Phi) is 5.50. The second kappa shape index (κ2) is 7.41. The highest BCUT2D eigenvalue weighted by Gasteiger charge is 2.19. The van der Waals surface area contributed by atoms with E-state index in [0.29, 0.717) is 5.71 Å². The van der Waals surface area contributed by atoms with Crippen molar-refractivity contribution in [3.05, 3.63) is 63.7 Å². The molecule has 0 atom stereocenters. The van der Waals surface area contributed by atoms with Gasteiger partial charge in [0.25, 0.3) is 5.69 Å². The summed E-state index contributed by atoms with van der Waals surface area (Å²) in [6.07, 6.45) is 0.928. The molecule has 0 radical (unpaired) electrons. The van der Waals surface area contributed by atoms with Crippen LogP contribution in [0.15, 0.2) is 52.5 Å². The quantitative estimate of drug-likeness (QED) is 0.464. The summed E-state index contributed by atoms with van der Waals surface area (Å²) >= 11 is 0. The van der Waals surface area contributed by atoms with Crippen molar-refractivity contribution < 1.29 is 13.3 Å². The zero-order valence-corrected chi connectivity index (χ0v) is 14.6. The molecule has 0 heterocycles. The van der Waals surface area contributed by atoms with Crippen molar-refractivity contribution in [1.29, 1.82) is 0 Å². The lowest BCUT2D eigenvalue weighted by molar-refractivity contribution is -0.384. The van der Waals surface area contributed by atoms with E-state index in [0.717, 1.165) is 18.1 Å². The Hall–Kier alpha value is -2.78. The predicted molar refractivity (Wildman–Crippen MR) is 96.1 cm³/mol. The molecule has 9 heteroatoms. The largest absolute Gasteiger partial charge is 0.295 e. The summed E-state index contributed by atoms with van der Waals surface area (Å²) < 4.78 is 22.7. The predicted octanol–water partition coefficient (Wildman–Crippen LogP) is 2.64. The summed E-state index contributed by atoms with van der Waals surface area (Å²) in [5.41, 5.74) is 4.95. The van der Waals surface area contributed by atoms with Gasteiger partial charge in [-0.15, -0.1) is 0 Å². The Balaban J connectivity index is 2.30. The molecule has 2 aromatic rings. The van der Waals surface area contributed by atoms with Crippen molar-refractivity contribution in [2.24, 2.45) is 10.2 Å². The number of sulfonamides is 1. The maximum Gasteiger partial charge on any atom is 0.295 e. The van der Waals surface area contributed by atoms with Crippen LogP contribution < -0.4 is 10.6 Å². The van der Waals surface area contributed by atoms with Crippen LogP contribution in [0.1, 0.15) is 25.0 Å². The van der Waals surface area contributed by atoms with Crippen LogP contribution in [0.5, 0.6) is 0 Å². The minimum Gasteiger partial charge on any atom is -0.271 e. The van der Waals surface area contributed by atoms with Crippen LogP contribution in [0.3, 0.4) is 0 Å². The first-order valence-electron chi connectivity index (χ1n) is 7.43. The van der Waals surface area contributed by atoms with E-state index in [2.05, 4.69) is 17.5 Å². The molecule has 0 bridgehead atoms. The molecule has 0 aliphatic rings. The van der Waals surface area contributed by atoms with Crippen molar-refractivity contribution in [3.8, 4) is 0 Å². The van der Waals surface area contributed by atoms with Crippen molar-refractivity contribution >= 4 is 27.1 Å². The number of anilines is 1. The van der Waals surface area contributed by atoms with E-state index in [-0.39, 0.29) is 10.6 Å². The normalized spacial score (nSPS) is 12.0. The number of aryl methyl sites for hydroxylation is 1. The summed E-state index contributed by atoms with van der Waals surface area (Å²) in [6, 6.07) is 11.1. The summed E-state index contributed by atoms with van der Waals surface area (Å²) in [7, 11) is -4.02. The number of hydrogen-bond acceptors (Lipinski definition) is 6. The van der Waals surface area contributed by atoms with E-state index in [1.807, 2.05) is 24.3 Å². The maximum atomic E-state index is 11.3. The van der Waals surface area contributed by atoms with Gasteiger partial charge in [0.1, 0.15) is 5.69 Å². The monoisotopic (exact) mass is 362 g/mol. The third-order valence-electron chi connectivity index (χ3n) is 3.62. The fourth-order valence-corrected chi connectivity index (χ4v) is 2.66. The number of rotatable bonds is 6. The van der Waals surface area contributed by atoms with Crippen LogP contribution in [-0.2, 0) is 16.4 Å². The minimum atomic E-state index is -4.02. The fraction of sp³-hybridized carbons (Fsp3) is 0.188. The van der Waals surface area contributed by atoms with Crippen LogP contribution in [0.25, 0.3) is 0 Å². The van der Waals surface area contributed by atoms with E-state index >= 15 is 0 Å². The topological polar surface area (TPSA) is 128 Å². The van der Waals surface area contributed by atoms with Gasteiger partial charge in [-0.1, -0.05) is 31.2 Å². The van der Waals surface area contributed by atoms with Crippen LogP contribution >= 0.6 is 0 Å². The molecule has 0 saturated heterocycles. The third-order valence-corrected chi connectivity index (χ3v) is 4.53. The second-order valence-corrected chi connectivity index (χ2v) is 6.90. The van der Waals surface area contributed by atoms with E-state index in [1.54, 1.807) is 6.92 Å². The Morgan fingerprint density at radius 3 is 2.40 bits per heavy atom. The first kappa shape index (κ1) is 18.6. The molecule has 8 nitrogen and oxygen atoms in total. The highest BCUT2D eigenvalue weighted by atomic mass is 32.2. The van der Waals surface area contributed by atoms with Crippen LogP contribution in [0.2, 0.25) is 0 Å². The number of primary sulfonamides is 1. The van der Waals surface area contributed by atoms with Gasteiger partial charge in [0.2, 0.25) is 10.0 Å². The van der Waals surface area contributed by atoms with Crippen LogP contribution in [0.4, 0.5) is 11.4 Å². The molecule has 0 saturated carbocycles. The Morgan fingerprint density at radius 2 is 1.88 bits per heavy atom. The van der Waals surface area contributed by atoms with Crippen molar-refractivity contribution in [2.75, 3.05) is 5.43 Å². The van der Waals surface area contributed by atoms with Crippen molar-refractivity contribution in [3.63, 3.8) is 0 Å². The first-order valence-corrected chi connectivity index (χ1v) is 8.98. The third kappa shape index (κ3) is 4.61. The van der Waals surface area contributed by atoms with Crippen LogP contribution in [-0.4, -0.2) is 19.1 Å². The second-order valence-electron chi connectivity index (χ2n) is 5.34. The maximum absolute atomic E-state index is 11.3. The highest BCUT2D eigenvalue weighted by Crippen LogP contribution is 2.27. The first-order chi connectivity index (χ1) is 11.7. The number of nitrogens with zero attached hydrogens (tertiary/aromatic N) is 2. The average Bonchev–Trinajstić information content (AvgIpc) is 2.58. The Bertz CT molecular complexity index is 922. The summed E-state index contributed by atoms with van der Waals surface area (Å²) in [5, 5.41) is 20.3. The molecule has 3 N–H and O–H groups in total. The van der Waals surface area contributed by atoms with Gasteiger partial charge in [-0.05, 0) is 36.6 Å². The summed E-state index contributed by atoms with van der Waals surface area (Å²) in [6.45, 7) is 3.82. The average molecular weight is 362 g/mol. The smallest absolute Gasteiger partial charge is 0.271 e. The number of hydrogen-bond donors (Lipinski definition) is 2. The molecule has 25 heavy (non-hydrogen) atoms. The van der Waals surface area contributed by atoms with Gasteiger partial charge in [0.05, 0.1) is 15.5 Å². The highest BCUT2D eigenvalue weighted by molar-refractivity contribution is 7.89. The number of nitro benzene ring substituents is 1. The van der Waals surface area contributed by atoms with Crippen molar-refractivity contribution in [1.82, 2.24) is 0 Å². The molecule has 132 valence electrons. The standard InChI is InChI=1S/C16H18N4O4S/c1-3-12-4-6-13(7-5-12)11(2)18-19-15-9-8-14(25(17,23)24)10-16(15)20(21)22/h4-10,19H,3H2,1-2H3,(H2,17,23,24)/b18-11-. The molecular weight excluding hydrogens is 344 g/mol. The molecule has 2 aromatic carbocycles. The molecule has 2 rings (SSSR count). The molecule has 0 unspecified atom stereocenters. The van der Waals surface area contributed by atoms with Gasteiger partial charge in [-0.25, -0.2) is 13.6 Å². The van der Waals surface area contributed by atoms with E-state index < -0.39 is 20.6 Å². The fourth-order valence-electron chi connectivity index (χ4n) is 2.12. The number of nitro groups is 1. The lowest BCUT2D eigenvalue weighted by Crippen LogP contribution is -2.12. The lowest BCUT2D eigenvalue weighted by atomic mass is 10.1. The number of benzene rings is 2.